The smallest absolute Gasteiger partial charge is 0.115 e. The fraction of sp³-hybridized carbons (Fsp3) is 0.133. The van der Waals surface area contributed by atoms with E-state index in [-0.39, 0.29) is 5.88 Å². The summed E-state index contributed by atoms with van der Waals surface area (Å²) in [6.45, 7) is 0. The first-order chi connectivity index (χ1) is 10.1. The van der Waals surface area contributed by atoms with E-state index in [9.17, 15) is 0 Å². The van der Waals surface area contributed by atoms with Crippen LogP contribution in [0.5, 0.6) is 0 Å². The second kappa shape index (κ2) is 7.95. The number of hydrogen-bond acceptors (Lipinski definition) is 2. The minimum absolute atomic E-state index is 0.230. The predicted octanol–water partition coefficient (Wildman–Crippen LogP) is 5.51. The van der Waals surface area contributed by atoms with Gasteiger partial charge in [0.05, 0.1) is 21.6 Å². The summed E-state index contributed by atoms with van der Waals surface area (Å²) in [4.78, 5) is 5.32. The average Bonchev–Trinajstić information content (AvgIpc) is 2.50. The Morgan fingerprint density at radius 3 is 2.38 bits per heavy atom. The second-order valence-electron chi connectivity index (χ2n) is 4.27. The van der Waals surface area contributed by atoms with Crippen LogP contribution in [0.2, 0.25) is 10.0 Å². The van der Waals surface area contributed by atoms with Gasteiger partial charge in [0.25, 0.3) is 0 Å². The molecule has 0 saturated heterocycles. The Hall–Kier alpha value is -0.870. The molecule has 0 aliphatic heterocycles. The molecule has 21 heavy (non-hydrogen) atoms. The highest BCUT2D eigenvalue weighted by Crippen LogP contribution is 2.28. The van der Waals surface area contributed by atoms with Crippen molar-refractivity contribution in [3.63, 3.8) is 0 Å². The molecule has 0 aliphatic rings. The lowest BCUT2D eigenvalue weighted by Gasteiger charge is -2.04. The van der Waals surface area contributed by atoms with Gasteiger partial charge in [0, 0.05) is 10.6 Å². The number of thioether (sulfide) groups is 1. The number of aliphatic imine (C=N–C) groups is 1. The van der Waals surface area contributed by atoms with E-state index < -0.39 is 0 Å². The lowest BCUT2D eigenvalue weighted by Crippen LogP contribution is -2.12. The standard InChI is InChI=1S/C15H13Cl3N2S/c16-8-15(19)20-11-2-4-12(5-3-11)21-9-10-1-6-13(17)14(18)7-10/h1-7H,8-9H2,(H2,19,20). The summed E-state index contributed by atoms with van der Waals surface area (Å²) in [5, 5.41) is 1.15. The van der Waals surface area contributed by atoms with E-state index in [1.165, 1.54) is 0 Å². The van der Waals surface area contributed by atoms with E-state index in [1.54, 1.807) is 11.8 Å². The van der Waals surface area contributed by atoms with Crippen molar-refractivity contribution in [2.24, 2.45) is 10.7 Å². The molecule has 0 heterocycles. The number of rotatable bonds is 5. The van der Waals surface area contributed by atoms with E-state index in [1.807, 2.05) is 42.5 Å². The number of benzene rings is 2. The number of halogens is 3. The Morgan fingerprint density at radius 2 is 1.76 bits per heavy atom. The normalized spacial score (nSPS) is 11.7. The lowest BCUT2D eigenvalue weighted by molar-refractivity contribution is 1.36. The van der Waals surface area contributed by atoms with Gasteiger partial charge in [-0.3, -0.25) is 0 Å². The van der Waals surface area contributed by atoms with Crippen LogP contribution in [-0.4, -0.2) is 11.7 Å². The molecule has 0 fully saturated rings. The van der Waals surface area contributed by atoms with Crippen LogP contribution < -0.4 is 5.73 Å². The van der Waals surface area contributed by atoms with Crippen molar-refractivity contribution in [1.29, 1.82) is 0 Å². The summed E-state index contributed by atoms with van der Waals surface area (Å²) in [6, 6.07) is 13.5. The zero-order valence-corrected chi connectivity index (χ0v) is 14.1. The van der Waals surface area contributed by atoms with Gasteiger partial charge in [-0.2, -0.15) is 0 Å². The summed E-state index contributed by atoms with van der Waals surface area (Å²) in [7, 11) is 0. The van der Waals surface area contributed by atoms with Crippen LogP contribution in [0.1, 0.15) is 5.56 Å². The summed E-state index contributed by atoms with van der Waals surface area (Å²) >= 11 is 19.2. The first-order valence-corrected chi connectivity index (χ1v) is 8.42. The SMILES string of the molecule is NC(CCl)=Nc1ccc(SCc2ccc(Cl)c(Cl)c2)cc1. The molecule has 0 radical (unpaired) electrons. The Kier molecular flexibility index (Phi) is 6.24. The molecule has 2 aromatic carbocycles. The molecule has 0 aromatic heterocycles. The molecule has 0 spiro atoms. The van der Waals surface area contributed by atoms with Gasteiger partial charge in [0.2, 0.25) is 0 Å². The molecule has 0 saturated carbocycles. The monoisotopic (exact) mass is 358 g/mol. The molecular weight excluding hydrogens is 347 g/mol. The minimum Gasteiger partial charge on any atom is -0.386 e. The molecule has 0 atom stereocenters. The van der Waals surface area contributed by atoms with E-state index in [4.69, 9.17) is 40.5 Å². The van der Waals surface area contributed by atoms with Crippen molar-refractivity contribution < 1.29 is 0 Å². The Morgan fingerprint density at radius 1 is 1.05 bits per heavy atom. The molecule has 110 valence electrons. The third kappa shape index (κ3) is 5.11. The first-order valence-electron chi connectivity index (χ1n) is 6.14. The van der Waals surface area contributed by atoms with Gasteiger partial charge < -0.3 is 5.73 Å². The van der Waals surface area contributed by atoms with Crippen LogP contribution >= 0.6 is 46.6 Å². The third-order valence-corrected chi connectivity index (χ3v) is 4.73. The van der Waals surface area contributed by atoms with Crippen molar-refractivity contribution in [3.05, 3.63) is 58.1 Å². The van der Waals surface area contributed by atoms with E-state index in [2.05, 4.69) is 4.99 Å². The number of hydrogen-bond donors (Lipinski definition) is 1. The van der Waals surface area contributed by atoms with Crippen LogP contribution in [0.25, 0.3) is 0 Å². The molecule has 6 heteroatoms. The van der Waals surface area contributed by atoms with Gasteiger partial charge in [-0.05, 0) is 42.0 Å². The number of nitrogens with two attached hydrogens (primary N) is 1. The number of alkyl halides is 1. The highest BCUT2D eigenvalue weighted by molar-refractivity contribution is 7.98. The fourth-order valence-electron chi connectivity index (χ4n) is 1.61. The Balaban J connectivity index is 1.99. The summed E-state index contributed by atoms with van der Waals surface area (Å²) in [6.07, 6.45) is 0. The van der Waals surface area contributed by atoms with Crippen molar-refractivity contribution in [3.8, 4) is 0 Å². The van der Waals surface area contributed by atoms with E-state index >= 15 is 0 Å². The van der Waals surface area contributed by atoms with Gasteiger partial charge in [0.15, 0.2) is 0 Å². The van der Waals surface area contributed by atoms with Crippen molar-refractivity contribution in [2.75, 3.05) is 5.88 Å². The maximum atomic E-state index is 6.00. The summed E-state index contributed by atoms with van der Waals surface area (Å²) in [5.74, 6) is 1.46. The van der Waals surface area contributed by atoms with Gasteiger partial charge in [0.1, 0.15) is 5.84 Å². The quantitative estimate of drug-likeness (QED) is 0.331. The summed E-state index contributed by atoms with van der Waals surface area (Å²) < 4.78 is 0. The van der Waals surface area contributed by atoms with Gasteiger partial charge in [-0.15, -0.1) is 23.4 Å². The third-order valence-electron chi connectivity index (χ3n) is 2.64. The maximum absolute atomic E-state index is 6.00. The predicted molar refractivity (Wildman–Crippen MR) is 94.5 cm³/mol. The van der Waals surface area contributed by atoms with Crippen LogP contribution in [0, 0.1) is 0 Å². The van der Waals surface area contributed by atoms with Crippen molar-refractivity contribution >= 4 is 58.1 Å². The van der Waals surface area contributed by atoms with Gasteiger partial charge >= 0.3 is 0 Å². The fourth-order valence-corrected chi connectivity index (χ4v) is 2.83. The Labute approximate surface area is 143 Å². The molecule has 0 aliphatic carbocycles. The topological polar surface area (TPSA) is 38.4 Å². The molecule has 2 N–H and O–H groups in total. The largest absolute Gasteiger partial charge is 0.386 e. The summed E-state index contributed by atoms with van der Waals surface area (Å²) in [5.41, 5.74) is 7.52. The van der Waals surface area contributed by atoms with E-state index in [0.29, 0.717) is 15.9 Å². The molecular formula is C15H13Cl3N2S. The molecule has 0 amide bonds. The van der Waals surface area contributed by atoms with Crippen molar-refractivity contribution in [2.45, 2.75) is 10.6 Å². The van der Waals surface area contributed by atoms with Crippen molar-refractivity contribution in [1.82, 2.24) is 0 Å². The number of nitrogens with zero attached hydrogens (tertiary/aromatic N) is 1. The highest BCUT2D eigenvalue weighted by atomic mass is 35.5. The van der Waals surface area contributed by atoms with Gasteiger partial charge in [-0.1, -0.05) is 29.3 Å². The number of amidine groups is 1. The second-order valence-corrected chi connectivity index (χ2v) is 6.40. The first kappa shape index (κ1) is 16.5. The molecule has 0 bridgehead atoms. The van der Waals surface area contributed by atoms with Crippen LogP contribution in [-0.2, 0) is 5.75 Å². The highest BCUT2D eigenvalue weighted by Gasteiger charge is 2.01. The zero-order valence-electron chi connectivity index (χ0n) is 11.0. The molecule has 2 rings (SSSR count). The molecule has 0 unspecified atom stereocenters. The molecule has 2 aromatic rings. The molecule has 2 nitrogen and oxygen atoms in total. The minimum atomic E-state index is 0.230. The average molecular weight is 360 g/mol. The van der Waals surface area contributed by atoms with Gasteiger partial charge in [-0.25, -0.2) is 4.99 Å². The zero-order chi connectivity index (χ0) is 15.2. The van der Waals surface area contributed by atoms with Crippen LogP contribution in [0.4, 0.5) is 5.69 Å². The van der Waals surface area contributed by atoms with Crippen LogP contribution in [0.15, 0.2) is 52.4 Å². The lowest BCUT2D eigenvalue weighted by atomic mass is 10.2. The van der Waals surface area contributed by atoms with E-state index in [0.717, 1.165) is 21.9 Å². The van der Waals surface area contributed by atoms with Crippen LogP contribution in [0.3, 0.4) is 0 Å². The maximum Gasteiger partial charge on any atom is 0.115 e. The Bertz CT molecular complexity index is 642.